The lowest BCUT2D eigenvalue weighted by molar-refractivity contribution is 0.670. The van der Waals surface area contributed by atoms with Gasteiger partial charge in [0.2, 0.25) is 0 Å². The number of nitriles is 1. The molecule has 4 heterocycles. The van der Waals surface area contributed by atoms with Crippen LogP contribution in [0.25, 0.3) is 55.7 Å². The summed E-state index contributed by atoms with van der Waals surface area (Å²) in [6, 6.07) is 40.0. The highest BCUT2D eigenvalue weighted by atomic mass is 16.3. The number of benzene rings is 5. The zero-order valence-corrected chi connectivity index (χ0v) is 32.2. The van der Waals surface area contributed by atoms with Gasteiger partial charge in [0.1, 0.15) is 11.2 Å². The second-order valence-electron chi connectivity index (χ2n) is 14.1. The van der Waals surface area contributed by atoms with E-state index in [-0.39, 0.29) is 16.7 Å². The van der Waals surface area contributed by atoms with Crippen LogP contribution in [0.4, 0.5) is 0 Å². The second-order valence-corrected chi connectivity index (χ2v) is 14.1. The van der Waals surface area contributed by atoms with Crippen LogP contribution in [-0.4, -0.2) is 15.0 Å². The average Bonchev–Trinajstić information content (AvgIpc) is 3.74. The summed E-state index contributed by atoms with van der Waals surface area (Å²) in [5, 5.41) is 10.9. The number of furan rings is 1. The Kier molecular flexibility index (Phi) is 7.37. The van der Waals surface area contributed by atoms with Gasteiger partial charge in [-0.3, -0.25) is 15.0 Å². The lowest BCUT2D eigenvalue weighted by Crippen LogP contribution is -2.02. The molecule has 0 bridgehead atoms. The number of rotatable bonds is 12. The normalized spacial score (nSPS) is 15.7. The van der Waals surface area contributed by atoms with Crippen LogP contribution in [0.5, 0.6) is 0 Å². The van der Waals surface area contributed by atoms with E-state index >= 15 is 0 Å². The molecule has 0 fully saturated rings. The van der Waals surface area contributed by atoms with Crippen LogP contribution in [-0.2, 0) is 38.2 Å². The van der Waals surface area contributed by atoms with E-state index in [1.807, 2.05) is 66.7 Å². The standard InChI is InChI=1S/C54H44N4O/c1-36-26-51(43-10-5-3-6-11-43)57-34-45(36)22-18-40-28-39(29-41(30-40)19-23-46-35-58-52(27-37(46)2)44-12-7-4-8-13-44)17-16-38-20-24-50(56-33-38)48-15-9-14-47-49-31-42(32-55)21-25-53(49)59-54(47)48/h3-15,20-21,24-31,33-35H,16-19,22-23H2,1-2H3/i16D2,17D2,18D2,19D2,22D2,23D2. The molecule has 5 nitrogen and oxygen atoms in total. The molecule has 9 rings (SSSR count). The fourth-order valence-electron chi connectivity index (χ4n) is 6.87. The third-order valence-electron chi connectivity index (χ3n) is 9.99. The number of hydrogen-bond donors (Lipinski definition) is 0. The smallest absolute Gasteiger partial charge is 0.144 e. The van der Waals surface area contributed by atoms with Crippen LogP contribution >= 0.6 is 0 Å². The van der Waals surface area contributed by atoms with E-state index in [0.717, 1.165) is 40.1 Å². The van der Waals surface area contributed by atoms with Crippen molar-refractivity contribution in [3.8, 4) is 39.8 Å². The zero-order valence-electron chi connectivity index (χ0n) is 44.2. The van der Waals surface area contributed by atoms with Crippen LogP contribution < -0.4 is 0 Å². The first kappa shape index (κ1) is 26.0. The fraction of sp³-hybridized carbons (Fsp3) is 0.148. The van der Waals surface area contributed by atoms with Gasteiger partial charge >= 0.3 is 0 Å². The Labute approximate surface area is 362 Å². The lowest BCUT2D eigenvalue weighted by Gasteiger charge is -2.13. The monoisotopic (exact) mass is 776 g/mol. The maximum absolute atomic E-state index is 9.52. The van der Waals surface area contributed by atoms with Crippen molar-refractivity contribution in [3.05, 3.63) is 208 Å². The number of fused-ring (bicyclic) bond motifs is 3. The Bertz CT molecular complexity index is 3410. The van der Waals surface area contributed by atoms with Crippen molar-refractivity contribution in [1.29, 1.82) is 5.26 Å². The molecule has 286 valence electrons. The van der Waals surface area contributed by atoms with Gasteiger partial charge in [0.25, 0.3) is 0 Å². The molecule has 0 saturated carbocycles. The molecule has 5 heteroatoms. The average molecular weight is 777 g/mol. The Morgan fingerprint density at radius 1 is 0.508 bits per heavy atom. The van der Waals surface area contributed by atoms with Crippen molar-refractivity contribution in [3.63, 3.8) is 0 Å². The SMILES string of the molecule is [2H]C([2H])(c1ccc(-c2cccc3c2oc2ccc(C#N)cc23)nc1)C([2H])([2H])c1cc(C([2H])([2H])C([2H])([2H])c2cnc(-c3ccccc3)cc2C)cc(C([2H])([2H])C([2H])([2H])c2cnc(-c3ccccc3)cc2C)c1. The summed E-state index contributed by atoms with van der Waals surface area (Å²) in [5.74, 6) is 0. The Balaban J connectivity index is 1.15. The van der Waals surface area contributed by atoms with Crippen LogP contribution in [0.3, 0.4) is 0 Å². The van der Waals surface area contributed by atoms with Crippen molar-refractivity contribution in [2.24, 2.45) is 0 Å². The molecule has 0 spiro atoms. The summed E-state index contributed by atoms with van der Waals surface area (Å²) >= 11 is 0. The Hall–Kier alpha value is -7.16. The topological polar surface area (TPSA) is 75.6 Å². The first-order chi connectivity index (χ1) is 33.5. The largest absolute Gasteiger partial charge is 0.455 e. The minimum atomic E-state index is -3.12. The van der Waals surface area contributed by atoms with Gasteiger partial charge in [-0.2, -0.15) is 5.26 Å². The van der Waals surface area contributed by atoms with Gasteiger partial charge in [0.15, 0.2) is 0 Å². The van der Waals surface area contributed by atoms with Gasteiger partial charge < -0.3 is 4.42 Å². The molecule has 0 aliphatic rings. The van der Waals surface area contributed by atoms with Crippen molar-refractivity contribution < 1.29 is 20.9 Å². The minimum absolute atomic E-state index is 0.137. The highest BCUT2D eigenvalue weighted by Gasteiger charge is 2.14. The fourth-order valence-corrected chi connectivity index (χ4v) is 6.87. The summed E-state index contributed by atoms with van der Waals surface area (Å²) < 4.78 is 120. The number of para-hydroxylation sites is 1. The number of pyridine rings is 3. The van der Waals surface area contributed by atoms with Gasteiger partial charge in [0.05, 0.1) is 28.7 Å². The van der Waals surface area contributed by atoms with Gasteiger partial charge in [-0.1, -0.05) is 97.1 Å². The van der Waals surface area contributed by atoms with E-state index in [2.05, 4.69) is 21.0 Å². The first-order valence-electron chi connectivity index (χ1n) is 25.0. The predicted octanol–water partition coefficient (Wildman–Crippen LogP) is 12.6. The van der Waals surface area contributed by atoms with Crippen LogP contribution in [0.1, 0.15) is 66.5 Å². The summed E-state index contributed by atoms with van der Waals surface area (Å²) in [6.07, 6.45) is -14.4. The van der Waals surface area contributed by atoms with Gasteiger partial charge in [-0.25, -0.2) is 0 Å². The molecule has 0 atom stereocenters. The molecule has 0 radical (unpaired) electrons. The highest BCUT2D eigenvalue weighted by Crippen LogP contribution is 2.35. The van der Waals surface area contributed by atoms with E-state index in [1.165, 1.54) is 30.7 Å². The molecule has 59 heavy (non-hydrogen) atoms. The molecular weight excluding hydrogens is 721 g/mol. The third-order valence-corrected chi connectivity index (χ3v) is 9.99. The van der Waals surface area contributed by atoms with Crippen molar-refractivity contribution in [2.75, 3.05) is 0 Å². The zero-order chi connectivity index (χ0) is 50.9. The number of nitrogens with zero attached hydrogens (tertiary/aromatic N) is 4. The Morgan fingerprint density at radius 3 is 1.61 bits per heavy atom. The van der Waals surface area contributed by atoms with Crippen molar-refractivity contribution in [1.82, 2.24) is 15.0 Å². The Morgan fingerprint density at radius 2 is 1.07 bits per heavy atom. The maximum Gasteiger partial charge on any atom is 0.144 e. The maximum atomic E-state index is 9.52. The van der Waals surface area contributed by atoms with E-state index in [4.69, 9.17) is 4.42 Å². The highest BCUT2D eigenvalue weighted by molar-refractivity contribution is 6.09. The molecule has 0 aliphatic heterocycles. The summed E-state index contributed by atoms with van der Waals surface area (Å²) in [5.41, 5.74) is 3.42. The number of hydrogen-bond acceptors (Lipinski definition) is 5. The van der Waals surface area contributed by atoms with Gasteiger partial charge in [-0.15, -0.1) is 0 Å². The molecule has 0 unspecified atom stereocenters. The quantitative estimate of drug-likeness (QED) is 0.123. The third kappa shape index (κ3) is 8.30. The lowest BCUT2D eigenvalue weighted by atomic mass is 9.93. The molecule has 0 aliphatic carbocycles. The molecule has 0 N–H and O–H groups in total. The van der Waals surface area contributed by atoms with Crippen LogP contribution in [0, 0.1) is 25.2 Å². The molecule has 9 aromatic rings. The second kappa shape index (κ2) is 16.7. The van der Waals surface area contributed by atoms with Crippen LogP contribution in [0.2, 0.25) is 0 Å². The summed E-state index contributed by atoms with van der Waals surface area (Å²) in [7, 11) is 0. The van der Waals surface area contributed by atoms with Gasteiger partial charge in [0, 0.05) is 62.5 Å². The van der Waals surface area contributed by atoms with Crippen LogP contribution in [0.15, 0.2) is 163 Å². The van der Waals surface area contributed by atoms with E-state index in [0.29, 0.717) is 50.5 Å². The van der Waals surface area contributed by atoms with Gasteiger partial charge in [-0.05, 0) is 139 Å². The molecule has 0 saturated heterocycles. The first-order valence-corrected chi connectivity index (χ1v) is 19.0. The minimum Gasteiger partial charge on any atom is -0.455 e. The van der Waals surface area contributed by atoms with E-state index in [9.17, 15) is 21.7 Å². The summed E-state index contributed by atoms with van der Waals surface area (Å²) in [4.78, 5) is 13.5. The molecule has 4 aromatic heterocycles. The summed E-state index contributed by atoms with van der Waals surface area (Å²) in [6.45, 7) is 3.22. The van der Waals surface area contributed by atoms with Crippen molar-refractivity contribution >= 4 is 21.9 Å². The molecule has 5 aromatic carbocycles. The molecule has 0 amide bonds. The number of aryl methyl sites for hydroxylation is 8. The molecular formula is C54H44N4O. The van der Waals surface area contributed by atoms with Crippen molar-refractivity contribution in [2.45, 2.75) is 52.1 Å². The number of aromatic nitrogens is 3. The van der Waals surface area contributed by atoms with E-state index < -0.39 is 54.9 Å². The predicted molar refractivity (Wildman–Crippen MR) is 239 cm³/mol. The van der Waals surface area contributed by atoms with E-state index in [1.54, 1.807) is 56.3 Å².